The number of carbonyl (C=O) groups is 1. The molecule has 0 aliphatic carbocycles. The second kappa shape index (κ2) is 9.35. The van der Waals surface area contributed by atoms with Gasteiger partial charge in [0.25, 0.3) is 0 Å². The Morgan fingerprint density at radius 3 is 2.37 bits per heavy atom. The minimum absolute atomic E-state index is 0.158. The molecule has 0 radical (unpaired) electrons. The molecule has 0 N–H and O–H groups in total. The van der Waals surface area contributed by atoms with Gasteiger partial charge in [-0.3, -0.25) is 9.69 Å². The molecule has 0 amide bonds. The Morgan fingerprint density at radius 2 is 1.71 bits per heavy atom. The van der Waals surface area contributed by atoms with Crippen LogP contribution in [0.3, 0.4) is 0 Å². The van der Waals surface area contributed by atoms with Crippen molar-refractivity contribution in [3.8, 4) is 28.7 Å². The number of benzene rings is 3. The van der Waals surface area contributed by atoms with Gasteiger partial charge in [0.05, 0.1) is 32.5 Å². The summed E-state index contributed by atoms with van der Waals surface area (Å²) < 4.78 is 28.5. The summed E-state index contributed by atoms with van der Waals surface area (Å²) >= 11 is 0. The molecule has 7 heteroatoms. The minimum atomic E-state index is -0.158. The van der Waals surface area contributed by atoms with Crippen LogP contribution in [0.15, 0.2) is 54.3 Å². The predicted molar refractivity (Wildman–Crippen MR) is 131 cm³/mol. The van der Waals surface area contributed by atoms with E-state index in [2.05, 4.69) is 17.0 Å². The van der Waals surface area contributed by atoms with Crippen molar-refractivity contribution < 1.29 is 28.5 Å². The Morgan fingerprint density at radius 1 is 1.00 bits per heavy atom. The average Bonchev–Trinajstić information content (AvgIpc) is 3.21. The first-order chi connectivity index (χ1) is 17.0. The van der Waals surface area contributed by atoms with E-state index < -0.39 is 0 Å². The smallest absolute Gasteiger partial charge is 0.232 e. The molecule has 5 rings (SSSR count). The van der Waals surface area contributed by atoms with Gasteiger partial charge in [-0.15, -0.1) is 0 Å². The second-order valence-electron chi connectivity index (χ2n) is 8.52. The van der Waals surface area contributed by atoms with Crippen LogP contribution in [-0.2, 0) is 13.1 Å². The largest absolute Gasteiger partial charge is 0.493 e. The van der Waals surface area contributed by atoms with E-state index in [0.29, 0.717) is 47.4 Å². The Labute approximate surface area is 204 Å². The summed E-state index contributed by atoms with van der Waals surface area (Å²) in [7, 11) is 4.66. The van der Waals surface area contributed by atoms with Crippen LogP contribution in [0.4, 0.5) is 0 Å². The lowest BCUT2D eigenvalue weighted by Gasteiger charge is -2.30. The fourth-order valence-corrected chi connectivity index (χ4v) is 4.55. The van der Waals surface area contributed by atoms with Gasteiger partial charge in [-0.25, -0.2) is 0 Å². The number of aryl methyl sites for hydroxylation is 1. The number of hydrogen-bond donors (Lipinski definition) is 0. The molecule has 0 saturated heterocycles. The molecule has 2 heterocycles. The standard InChI is InChI=1S/C28H27NO6/c1-17-10-21-20(15-29(16-34-21)14-18-8-6-5-7-9-18)27-25(17)26(30)22(35-27)11-19-12-23(31-2)28(33-4)24(13-19)32-3/h5-13H,14-16H2,1-4H3/b22-11-. The Kier molecular flexibility index (Phi) is 6.09. The number of allylic oxidation sites excluding steroid dienone is 1. The van der Waals surface area contributed by atoms with Crippen molar-refractivity contribution in [1.82, 2.24) is 4.90 Å². The second-order valence-corrected chi connectivity index (χ2v) is 8.52. The molecule has 0 fully saturated rings. The fourth-order valence-electron chi connectivity index (χ4n) is 4.55. The SMILES string of the molecule is COc1cc(/C=C2\Oc3c4c(cc(C)c3C2=O)OCN(Cc2ccccc2)C4)cc(OC)c1OC. The molecular weight excluding hydrogens is 446 g/mol. The van der Waals surface area contributed by atoms with Crippen LogP contribution in [-0.4, -0.2) is 38.7 Å². The molecule has 0 aromatic heterocycles. The lowest BCUT2D eigenvalue weighted by Crippen LogP contribution is -2.31. The molecule has 0 atom stereocenters. The Balaban J connectivity index is 1.48. The first-order valence-electron chi connectivity index (χ1n) is 11.3. The molecule has 3 aromatic rings. The highest BCUT2D eigenvalue weighted by Gasteiger charge is 2.35. The zero-order valence-electron chi connectivity index (χ0n) is 20.2. The maximum absolute atomic E-state index is 13.4. The molecule has 0 bridgehead atoms. The van der Waals surface area contributed by atoms with E-state index in [1.807, 2.05) is 31.2 Å². The van der Waals surface area contributed by atoms with E-state index in [1.54, 1.807) is 39.5 Å². The number of Topliss-reactive ketones (excluding diaryl/α,β-unsaturated/α-hetero) is 1. The maximum Gasteiger partial charge on any atom is 0.232 e. The zero-order valence-corrected chi connectivity index (χ0v) is 20.2. The van der Waals surface area contributed by atoms with Gasteiger partial charge in [0, 0.05) is 13.1 Å². The highest BCUT2D eigenvalue weighted by Crippen LogP contribution is 2.45. The zero-order chi connectivity index (χ0) is 24.5. The van der Waals surface area contributed by atoms with Gasteiger partial charge in [0.2, 0.25) is 11.5 Å². The Hall–Kier alpha value is -3.97. The van der Waals surface area contributed by atoms with Crippen LogP contribution >= 0.6 is 0 Å². The topological polar surface area (TPSA) is 66.5 Å². The first-order valence-corrected chi connectivity index (χ1v) is 11.3. The van der Waals surface area contributed by atoms with E-state index in [1.165, 1.54) is 5.56 Å². The van der Waals surface area contributed by atoms with Gasteiger partial charge < -0.3 is 23.7 Å². The van der Waals surface area contributed by atoms with Gasteiger partial charge in [0.15, 0.2) is 17.3 Å². The number of nitrogens with zero attached hydrogens (tertiary/aromatic N) is 1. The van der Waals surface area contributed by atoms with Crippen LogP contribution in [0.25, 0.3) is 6.08 Å². The summed E-state index contributed by atoms with van der Waals surface area (Å²) in [6, 6.07) is 15.7. The molecule has 2 aliphatic rings. The molecule has 0 unspecified atom stereocenters. The molecule has 0 spiro atoms. The van der Waals surface area contributed by atoms with Gasteiger partial charge in [0.1, 0.15) is 18.2 Å². The lowest BCUT2D eigenvalue weighted by molar-refractivity contribution is 0.0872. The van der Waals surface area contributed by atoms with Crippen molar-refractivity contribution in [3.05, 3.63) is 82.1 Å². The van der Waals surface area contributed by atoms with Crippen LogP contribution in [0, 0.1) is 6.92 Å². The number of carbonyl (C=O) groups excluding carboxylic acids is 1. The number of ether oxygens (including phenoxy) is 5. The highest BCUT2D eigenvalue weighted by molar-refractivity contribution is 6.16. The van der Waals surface area contributed by atoms with Crippen LogP contribution in [0.1, 0.15) is 32.6 Å². The van der Waals surface area contributed by atoms with Crippen LogP contribution in [0.2, 0.25) is 0 Å². The summed E-state index contributed by atoms with van der Waals surface area (Å²) in [5.41, 5.74) is 4.18. The third-order valence-corrected chi connectivity index (χ3v) is 6.22. The number of methoxy groups -OCH3 is 3. The molecule has 2 aliphatic heterocycles. The molecular formula is C28H27NO6. The van der Waals surface area contributed by atoms with E-state index in [4.69, 9.17) is 23.7 Å². The number of fused-ring (bicyclic) bond motifs is 3. The summed E-state index contributed by atoms with van der Waals surface area (Å²) in [5, 5.41) is 0. The van der Waals surface area contributed by atoms with Gasteiger partial charge in [-0.05, 0) is 47.9 Å². The van der Waals surface area contributed by atoms with Crippen molar-refractivity contribution in [2.45, 2.75) is 20.0 Å². The number of ketones is 1. The predicted octanol–water partition coefficient (Wildman–Crippen LogP) is 4.99. The monoisotopic (exact) mass is 473 g/mol. The van der Waals surface area contributed by atoms with E-state index in [0.717, 1.165) is 23.4 Å². The van der Waals surface area contributed by atoms with E-state index in [9.17, 15) is 4.79 Å². The number of hydrogen-bond acceptors (Lipinski definition) is 7. The van der Waals surface area contributed by atoms with Crippen LogP contribution in [0.5, 0.6) is 28.7 Å². The van der Waals surface area contributed by atoms with Crippen molar-refractivity contribution in [3.63, 3.8) is 0 Å². The maximum atomic E-state index is 13.4. The van der Waals surface area contributed by atoms with Gasteiger partial charge in [-0.1, -0.05) is 30.3 Å². The molecule has 0 saturated carbocycles. The average molecular weight is 474 g/mol. The van der Waals surface area contributed by atoms with Crippen molar-refractivity contribution in [1.29, 1.82) is 0 Å². The molecule has 180 valence electrons. The normalized spacial score (nSPS) is 15.8. The number of rotatable bonds is 6. The third kappa shape index (κ3) is 4.19. The quantitative estimate of drug-likeness (QED) is 0.467. The minimum Gasteiger partial charge on any atom is -0.493 e. The third-order valence-electron chi connectivity index (χ3n) is 6.22. The molecule has 35 heavy (non-hydrogen) atoms. The first kappa shape index (κ1) is 22.8. The van der Waals surface area contributed by atoms with Crippen LogP contribution < -0.4 is 23.7 Å². The van der Waals surface area contributed by atoms with E-state index >= 15 is 0 Å². The van der Waals surface area contributed by atoms with E-state index in [-0.39, 0.29) is 11.5 Å². The molecule has 3 aromatic carbocycles. The van der Waals surface area contributed by atoms with Crippen molar-refractivity contribution in [2.24, 2.45) is 0 Å². The van der Waals surface area contributed by atoms with Gasteiger partial charge >= 0.3 is 0 Å². The van der Waals surface area contributed by atoms with Gasteiger partial charge in [-0.2, -0.15) is 0 Å². The molecule has 7 nitrogen and oxygen atoms in total. The summed E-state index contributed by atoms with van der Waals surface area (Å²) in [6.07, 6.45) is 1.70. The summed E-state index contributed by atoms with van der Waals surface area (Å²) in [4.78, 5) is 15.6. The lowest BCUT2D eigenvalue weighted by atomic mass is 9.98. The summed E-state index contributed by atoms with van der Waals surface area (Å²) in [6.45, 7) is 3.74. The highest BCUT2D eigenvalue weighted by atomic mass is 16.5. The van der Waals surface area contributed by atoms with Crippen molar-refractivity contribution in [2.75, 3.05) is 28.1 Å². The van der Waals surface area contributed by atoms with Crippen molar-refractivity contribution >= 4 is 11.9 Å². The summed E-state index contributed by atoms with van der Waals surface area (Å²) in [5.74, 6) is 2.90. The fraction of sp³-hybridized carbons (Fsp3) is 0.250. The Bertz CT molecular complexity index is 1290.